The van der Waals surface area contributed by atoms with Gasteiger partial charge in [-0.15, -0.1) is 0 Å². The van der Waals surface area contributed by atoms with Crippen LogP contribution in [-0.2, 0) is 0 Å². The number of nitrogens with zero attached hydrogens (tertiary/aromatic N) is 3. The minimum absolute atomic E-state index is 0.182. The van der Waals surface area contributed by atoms with E-state index in [0.717, 1.165) is 67.3 Å². The Bertz CT molecular complexity index is 1170. The number of fused-ring (bicyclic) bond motifs is 2. The van der Waals surface area contributed by atoms with Gasteiger partial charge < -0.3 is 24.2 Å². The van der Waals surface area contributed by atoms with Crippen molar-refractivity contribution in [2.24, 2.45) is 0 Å². The average molecular weight is 474 g/mol. The molecule has 8 heteroatoms. The molecule has 1 saturated heterocycles. The zero-order valence-electron chi connectivity index (χ0n) is 19.3. The smallest absolute Gasteiger partial charge is 0.457 e. The maximum Gasteiger partial charge on any atom is 0.511 e. The maximum absolute atomic E-state index is 11.0. The zero-order chi connectivity index (χ0) is 24.0. The van der Waals surface area contributed by atoms with Crippen LogP contribution in [0.25, 0.3) is 5.57 Å². The van der Waals surface area contributed by atoms with Gasteiger partial charge in [0.25, 0.3) is 0 Å². The lowest BCUT2D eigenvalue weighted by Gasteiger charge is -2.35. The van der Waals surface area contributed by atoms with Crippen LogP contribution in [-0.4, -0.2) is 60.7 Å². The number of hydrogen-bond donors (Lipinski definition) is 1. The quantitative estimate of drug-likeness (QED) is 0.542. The Morgan fingerprint density at radius 2 is 1.60 bits per heavy atom. The van der Waals surface area contributed by atoms with E-state index in [1.165, 1.54) is 0 Å². The number of ether oxygens (including phenoxy) is 3. The molecule has 0 atom stereocenters. The van der Waals surface area contributed by atoms with E-state index in [2.05, 4.69) is 33.0 Å². The van der Waals surface area contributed by atoms with Crippen molar-refractivity contribution in [2.45, 2.75) is 6.42 Å². The van der Waals surface area contributed by atoms with E-state index in [4.69, 9.17) is 19.3 Å². The van der Waals surface area contributed by atoms with Crippen molar-refractivity contribution >= 4 is 17.5 Å². The molecule has 5 rings (SSSR count). The van der Waals surface area contributed by atoms with Gasteiger partial charge in [-0.3, -0.25) is 4.90 Å². The van der Waals surface area contributed by atoms with Crippen LogP contribution in [0.15, 0.2) is 72.9 Å². The number of para-hydroxylation sites is 2. The fourth-order valence-corrected chi connectivity index (χ4v) is 4.52. The molecule has 2 aliphatic rings. The number of hydrogen-bond acceptors (Lipinski definition) is 7. The van der Waals surface area contributed by atoms with Crippen LogP contribution in [0.1, 0.15) is 17.5 Å². The van der Waals surface area contributed by atoms with E-state index in [1.54, 1.807) is 18.3 Å². The SMILES string of the molecule is O=C(O)Oc1cccnc1N1CCN(CCC=C2c3ccccc3OCOc3ccccc32)CC1. The summed E-state index contributed by atoms with van der Waals surface area (Å²) in [7, 11) is 0. The lowest BCUT2D eigenvalue weighted by atomic mass is 9.95. The van der Waals surface area contributed by atoms with E-state index >= 15 is 0 Å². The van der Waals surface area contributed by atoms with Gasteiger partial charge in [-0.1, -0.05) is 42.5 Å². The van der Waals surface area contributed by atoms with Gasteiger partial charge in [0, 0.05) is 50.0 Å². The molecule has 180 valence electrons. The van der Waals surface area contributed by atoms with Gasteiger partial charge in [-0.25, -0.2) is 9.78 Å². The van der Waals surface area contributed by atoms with Crippen molar-refractivity contribution in [1.82, 2.24) is 9.88 Å². The topological polar surface area (TPSA) is 84.4 Å². The number of aromatic nitrogens is 1. The summed E-state index contributed by atoms with van der Waals surface area (Å²) in [4.78, 5) is 19.8. The Kier molecular flexibility index (Phi) is 6.81. The second-order valence-electron chi connectivity index (χ2n) is 8.33. The normalized spacial score (nSPS) is 15.5. The fourth-order valence-electron chi connectivity index (χ4n) is 4.52. The summed E-state index contributed by atoms with van der Waals surface area (Å²) < 4.78 is 16.6. The van der Waals surface area contributed by atoms with Gasteiger partial charge >= 0.3 is 6.16 Å². The lowest BCUT2D eigenvalue weighted by molar-refractivity contribution is 0.118. The number of piperazine rings is 1. The van der Waals surface area contributed by atoms with Gasteiger partial charge in [0.1, 0.15) is 11.5 Å². The molecule has 1 N–H and O–H groups in total. The number of rotatable bonds is 5. The number of anilines is 1. The third-order valence-electron chi connectivity index (χ3n) is 6.20. The summed E-state index contributed by atoms with van der Waals surface area (Å²) in [6.07, 6.45) is 3.45. The van der Waals surface area contributed by atoms with E-state index in [0.29, 0.717) is 5.82 Å². The van der Waals surface area contributed by atoms with Gasteiger partial charge in [0.05, 0.1) is 0 Å². The second-order valence-corrected chi connectivity index (χ2v) is 8.33. The highest BCUT2D eigenvalue weighted by atomic mass is 16.7. The van der Waals surface area contributed by atoms with Crippen LogP contribution >= 0.6 is 0 Å². The number of benzene rings is 2. The second kappa shape index (κ2) is 10.5. The molecule has 2 aromatic carbocycles. The minimum Gasteiger partial charge on any atom is -0.457 e. The fraction of sp³-hybridized carbons (Fsp3) is 0.259. The summed E-state index contributed by atoms with van der Waals surface area (Å²) in [5.74, 6) is 2.47. The van der Waals surface area contributed by atoms with Gasteiger partial charge in [-0.2, -0.15) is 0 Å². The molecule has 2 aliphatic heterocycles. The molecule has 35 heavy (non-hydrogen) atoms. The standard InChI is InChI=1S/C27H27N3O5/c31-27(32)35-25-12-5-13-28-26(25)30-17-15-29(16-18-30)14-6-9-20-21-7-1-3-10-23(21)33-19-34-24-11-4-2-8-22(20)24/h1-5,7-13H,6,14-19H2,(H,31,32). The molecule has 0 spiro atoms. The van der Waals surface area contributed by atoms with Crippen molar-refractivity contribution < 1.29 is 24.1 Å². The highest BCUT2D eigenvalue weighted by molar-refractivity contribution is 5.85. The first-order valence-corrected chi connectivity index (χ1v) is 11.7. The van der Waals surface area contributed by atoms with Crippen LogP contribution in [0, 0.1) is 0 Å². The van der Waals surface area contributed by atoms with E-state index in [9.17, 15) is 4.79 Å². The third kappa shape index (κ3) is 5.22. The highest BCUT2D eigenvalue weighted by Crippen LogP contribution is 2.37. The molecule has 1 aromatic heterocycles. The Hall–Kier alpha value is -4.04. The van der Waals surface area contributed by atoms with Crippen LogP contribution in [0.2, 0.25) is 0 Å². The van der Waals surface area contributed by atoms with Crippen LogP contribution in [0.5, 0.6) is 17.2 Å². The van der Waals surface area contributed by atoms with E-state index in [1.807, 2.05) is 36.4 Å². The molecular weight excluding hydrogens is 446 g/mol. The molecule has 3 heterocycles. The summed E-state index contributed by atoms with van der Waals surface area (Å²) in [5.41, 5.74) is 3.24. The Morgan fingerprint density at radius 1 is 0.943 bits per heavy atom. The zero-order valence-corrected chi connectivity index (χ0v) is 19.3. The molecular formula is C27H27N3O5. The van der Waals surface area contributed by atoms with Crippen molar-refractivity contribution in [3.05, 3.63) is 84.1 Å². The van der Waals surface area contributed by atoms with Crippen molar-refractivity contribution in [2.75, 3.05) is 44.4 Å². The Morgan fingerprint density at radius 3 is 2.26 bits per heavy atom. The highest BCUT2D eigenvalue weighted by Gasteiger charge is 2.22. The molecule has 0 aliphatic carbocycles. The molecule has 0 unspecified atom stereocenters. The molecule has 3 aromatic rings. The van der Waals surface area contributed by atoms with E-state index in [-0.39, 0.29) is 12.5 Å². The lowest BCUT2D eigenvalue weighted by Crippen LogP contribution is -2.47. The molecule has 1 fully saturated rings. The monoisotopic (exact) mass is 473 g/mol. The predicted molar refractivity (Wildman–Crippen MR) is 132 cm³/mol. The van der Waals surface area contributed by atoms with Crippen LogP contribution in [0.4, 0.5) is 10.6 Å². The summed E-state index contributed by atoms with van der Waals surface area (Å²) in [5, 5.41) is 8.99. The Balaban J connectivity index is 1.27. The molecule has 0 bridgehead atoms. The average Bonchev–Trinajstić information content (AvgIpc) is 2.87. The van der Waals surface area contributed by atoms with Gasteiger partial charge in [0.15, 0.2) is 11.6 Å². The predicted octanol–water partition coefficient (Wildman–Crippen LogP) is 4.51. The minimum atomic E-state index is -1.33. The molecule has 0 amide bonds. The number of carboxylic acid groups (broad SMARTS) is 1. The van der Waals surface area contributed by atoms with Crippen molar-refractivity contribution in [1.29, 1.82) is 0 Å². The summed E-state index contributed by atoms with van der Waals surface area (Å²) in [6.45, 7) is 4.29. The third-order valence-corrected chi connectivity index (χ3v) is 6.20. The van der Waals surface area contributed by atoms with Crippen molar-refractivity contribution in [3.8, 4) is 17.2 Å². The van der Waals surface area contributed by atoms with Gasteiger partial charge in [-0.05, 0) is 36.3 Å². The number of carbonyl (C=O) groups is 1. The van der Waals surface area contributed by atoms with Crippen LogP contribution in [0.3, 0.4) is 0 Å². The molecule has 0 saturated carbocycles. The first-order valence-electron chi connectivity index (χ1n) is 11.7. The number of pyridine rings is 1. The van der Waals surface area contributed by atoms with Crippen LogP contribution < -0.4 is 19.1 Å². The maximum atomic E-state index is 11.0. The molecule has 8 nitrogen and oxygen atoms in total. The van der Waals surface area contributed by atoms with Gasteiger partial charge in [0.2, 0.25) is 6.79 Å². The summed E-state index contributed by atoms with van der Waals surface area (Å²) in [6, 6.07) is 19.4. The Labute approximate surface area is 204 Å². The van der Waals surface area contributed by atoms with E-state index < -0.39 is 6.16 Å². The summed E-state index contributed by atoms with van der Waals surface area (Å²) >= 11 is 0. The van der Waals surface area contributed by atoms with Crippen molar-refractivity contribution in [3.63, 3.8) is 0 Å². The largest absolute Gasteiger partial charge is 0.511 e. The molecule has 0 radical (unpaired) electrons. The first kappa shape index (κ1) is 22.7. The first-order chi connectivity index (χ1) is 17.2.